The van der Waals surface area contributed by atoms with Gasteiger partial charge in [0, 0.05) is 17.8 Å². The second kappa shape index (κ2) is 9.29. The molecule has 1 atom stereocenters. The second-order valence-corrected chi connectivity index (χ2v) is 9.52. The number of hydrogen-bond acceptors (Lipinski definition) is 6. The van der Waals surface area contributed by atoms with Crippen LogP contribution in [-0.2, 0) is 14.8 Å². The maximum Gasteiger partial charge on any atom is 0.279 e. The number of nitrogens with zero attached hydrogens (tertiary/aromatic N) is 2. The number of anilines is 1. The Morgan fingerprint density at radius 2 is 2.03 bits per heavy atom. The summed E-state index contributed by atoms with van der Waals surface area (Å²) in [5.41, 5.74) is 7.49. The number of carbonyl (C=O) groups excluding carboxylic acids is 1. The molecule has 10 heteroatoms. The van der Waals surface area contributed by atoms with Crippen LogP contribution in [0.25, 0.3) is 5.70 Å². The van der Waals surface area contributed by atoms with Gasteiger partial charge >= 0.3 is 0 Å². The third kappa shape index (κ3) is 5.18. The molecular weight excluding hydrogens is 406 g/mol. The van der Waals surface area contributed by atoms with Gasteiger partial charge in [-0.15, -0.1) is 0 Å². The zero-order valence-corrected chi connectivity index (χ0v) is 18.5. The van der Waals surface area contributed by atoms with Gasteiger partial charge in [-0.25, -0.2) is 8.42 Å². The number of aliphatic imine (C=N–C) groups is 1. The van der Waals surface area contributed by atoms with E-state index in [1.807, 2.05) is 20.8 Å². The number of pyridine rings is 1. The standard InChI is InChI=1S/C20H29N5O4S/c1-12(2)8-9-30(28,29)24-17-7-6-13(3)25(20(17)27)18-16(10-22-11-26)14(4)15(5)23-19(18)21/h6-7,11-12,15,24H,4,8-10H2,1-3,5H3,(H2,21,23)(H,22,26). The number of aryl methyl sites for hydroxylation is 1. The van der Waals surface area contributed by atoms with Crippen LogP contribution < -0.4 is 21.3 Å². The average molecular weight is 436 g/mol. The largest absolute Gasteiger partial charge is 0.382 e. The van der Waals surface area contributed by atoms with E-state index >= 15 is 0 Å². The molecule has 2 heterocycles. The minimum Gasteiger partial charge on any atom is -0.382 e. The number of hydrogen-bond donors (Lipinski definition) is 3. The molecule has 0 aromatic carbocycles. The third-order valence-electron chi connectivity index (χ3n) is 4.85. The summed E-state index contributed by atoms with van der Waals surface area (Å²) in [6, 6.07) is 2.73. The first-order chi connectivity index (χ1) is 14.0. The number of nitrogens with two attached hydrogens (primary N) is 1. The summed E-state index contributed by atoms with van der Waals surface area (Å²) >= 11 is 0. The van der Waals surface area contributed by atoms with Crippen molar-refractivity contribution >= 4 is 33.7 Å². The van der Waals surface area contributed by atoms with E-state index in [0.717, 1.165) is 0 Å². The number of rotatable bonds is 9. The van der Waals surface area contributed by atoms with Crippen molar-refractivity contribution in [2.24, 2.45) is 16.6 Å². The molecule has 1 aliphatic heterocycles. The van der Waals surface area contributed by atoms with Gasteiger partial charge in [0.15, 0.2) is 0 Å². The molecule has 2 rings (SSSR count). The van der Waals surface area contributed by atoms with Crippen LogP contribution in [0.15, 0.2) is 39.6 Å². The lowest BCUT2D eigenvalue weighted by atomic mass is 9.95. The van der Waals surface area contributed by atoms with E-state index in [9.17, 15) is 18.0 Å². The molecule has 9 nitrogen and oxygen atoms in total. The van der Waals surface area contributed by atoms with Gasteiger partial charge in [0.25, 0.3) is 5.56 Å². The molecule has 4 N–H and O–H groups in total. The average Bonchev–Trinajstić information content (AvgIpc) is 2.66. The van der Waals surface area contributed by atoms with E-state index in [-0.39, 0.29) is 41.5 Å². The molecule has 30 heavy (non-hydrogen) atoms. The van der Waals surface area contributed by atoms with Gasteiger partial charge in [-0.3, -0.25) is 23.9 Å². The Morgan fingerprint density at radius 3 is 2.63 bits per heavy atom. The number of amidine groups is 1. The Hall–Kier alpha value is -2.88. The highest BCUT2D eigenvalue weighted by atomic mass is 32.2. The maximum absolute atomic E-state index is 13.2. The normalized spacial score (nSPS) is 17.2. The Morgan fingerprint density at radius 1 is 1.37 bits per heavy atom. The van der Waals surface area contributed by atoms with Crippen LogP contribution in [0.5, 0.6) is 0 Å². The van der Waals surface area contributed by atoms with E-state index in [4.69, 9.17) is 5.73 Å². The van der Waals surface area contributed by atoms with Crippen molar-refractivity contribution in [3.63, 3.8) is 0 Å². The van der Waals surface area contributed by atoms with Crippen LogP contribution in [-0.4, -0.2) is 43.6 Å². The van der Waals surface area contributed by atoms with E-state index < -0.39 is 15.6 Å². The molecule has 1 unspecified atom stereocenters. The van der Waals surface area contributed by atoms with Gasteiger partial charge in [-0.2, -0.15) is 0 Å². The number of aromatic nitrogens is 1. The zero-order valence-electron chi connectivity index (χ0n) is 17.7. The summed E-state index contributed by atoms with van der Waals surface area (Å²) in [4.78, 5) is 28.4. The molecule has 0 radical (unpaired) electrons. The predicted octanol–water partition coefficient (Wildman–Crippen LogP) is 1.22. The van der Waals surface area contributed by atoms with Gasteiger partial charge in [0.2, 0.25) is 16.4 Å². The van der Waals surface area contributed by atoms with Crippen LogP contribution in [0.1, 0.15) is 32.9 Å². The maximum atomic E-state index is 13.2. The number of dihydropyridines is 1. The minimum absolute atomic E-state index is 0.0865. The van der Waals surface area contributed by atoms with Crippen molar-refractivity contribution < 1.29 is 13.2 Å². The molecule has 0 saturated carbocycles. The van der Waals surface area contributed by atoms with Crippen molar-refractivity contribution in [1.82, 2.24) is 9.88 Å². The number of sulfonamides is 1. The highest BCUT2D eigenvalue weighted by Crippen LogP contribution is 2.27. The van der Waals surface area contributed by atoms with Gasteiger partial charge in [-0.1, -0.05) is 20.4 Å². The van der Waals surface area contributed by atoms with Gasteiger partial charge in [0.1, 0.15) is 11.5 Å². The smallest absolute Gasteiger partial charge is 0.279 e. The van der Waals surface area contributed by atoms with Crippen LogP contribution in [0.4, 0.5) is 5.69 Å². The molecule has 1 aromatic rings. The Bertz CT molecular complexity index is 1070. The van der Waals surface area contributed by atoms with Crippen LogP contribution in [0, 0.1) is 12.8 Å². The van der Waals surface area contributed by atoms with E-state index in [1.54, 1.807) is 13.0 Å². The van der Waals surface area contributed by atoms with Crippen molar-refractivity contribution in [3.05, 3.63) is 45.9 Å². The molecular formula is C20H29N5O4S. The first-order valence-electron chi connectivity index (χ1n) is 9.65. The lowest BCUT2D eigenvalue weighted by molar-refractivity contribution is -0.109. The van der Waals surface area contributed by atoms with E-state index in [0.29, 0.717) is 29.7 Å². The predicted molar refractivity (Wildman–Crippen MR) is 120 cm³/mol. The zero-order chi connectivity index (χ0) is 22.6. The fourth-order valence-electron chi connectivity index (χ4n) is 3.09. The van der Waals surface area contributed by atoms with Gasteiger partial charge in [-0.05, 0) is 43.9 Å². The number of carbonyl (C=O) groups is 1. The summed E-state index contributed by atoms with van der Waals surface area (Å²) < 4.78 is 28.5. The van der Waals surface area contributed by atoms with Crippen molar-refractivity contribution in [3.8, 4) is 0 Å². The quantitative estimate of drug-likeness (QED) is 0.501. The molecule has 0 saturated heterocycles. The van der Waals surface area contributed by atoms with Crippen molar-refractivity contribution in [2.75, 3.05) is 17.0 Å². The van der Waals surface area contributed by atoms with Crippen LogP contribution in [0.2, 0.25) is 0 Å². The SMILES string of the molecule is C=C1C(CNC=O)=C(n2c(C)ccc(NS(=O)(=O)CCC(C)C)c2=O)C(N)=NC1C. The number of nitrogens with one attached hydrogen (secondary N) is 2. The van der Waals surface area contributed by atoms with E-state index in [1.165, 1.54) is 10.6 Å². The summed E-state index contributed by atoms with van der Waals surface area (Å²) in [6.07, 6.45) is 1.01. The fourth-order valence-corrected chi connectivity index (χ4v) is 4.47. The lowest BCUT2D eigenvalue weighted by Crippen LogP contribution is -2.37. The highest BCUT2D eigenvalue weighted by molar-refractivity contribution is 7.92. The van der Waals surface area contributed by atoms with Crippen molar-refractivity contribution in [1.29, 1.82) is 0 Å². The molecule has 0 bridgehead atoms. The van der Waals surface area contributed by atoms with Gasteiger partial charge in [0.05, 0.1) is 17.5 Å². The molecule has 0 aliphatic carbocycles. The summed E-state index contributed by atoms with van der Waals surface area (Å²) in [5.74, 6) is 0.232. The first kappa shape index (κ1) is 23.4. The Balaban J connectivity index is 2.61. The first-order valence-corrected chi connectivity index (χ1v) is 11.3. The van der Waals surface area contributed by atoms with Crippen molar-refractivity contribution in [2.45, 2.75) is 40.2 Å². The summed E-state index contributed by atoms with van der Waals surface area (Å²) in [5, 5.41) is 2.57. The molecule has 0 spiro atoms. The Labute approximate surface area is 176 Å². The lowest BCUT2D eigenvalue weighted by Gasteiger charge is -2.27. The number of amides is 1. The monoisotopic (exact) mass is 435 g/mol. The minimum atomic E-state index is -3.69. The van der Waals surface area contributed by atoms with Crippen LogP contribution in [0.3, 0.4) is 0 Å². The molecule has 164 valence electrons. The second-order valence-electron chi connectivity index (χ2n) is 7.67. The molecule has 0 fully saturated rings. The topological polar surface area (TPSA) is 136 Å². The molecule has 1 aromatic heterocycles. The van der Waals surface area contributed by atoms with Crippen LogP contribution >= 0.6 is 0 Å². The fraction of sp³-hybridized carbons (Fsp3) is 0.450. The highest BCUT2D eigenvalue weighted by Gasteiger charge is 2.27. The summed E-state index contributed by atoms with van der Waals surface area (Å²) in [7, 11) is -3.69. The molecule has 1 aliphatic rings. The Kier molecular flexibility index (Phi) is 7.25. The third-order valence-corrected chi connectivity index (χ3v) is 6.15. The molecule has 1 amide bonds. The van der Waals surface area contributed by atoms with Gasteiger partial charge < -0.3 is 11.1 Å². The summed E-state index contributed by atoms with van der Waals surface area (Å²) in [6.45, 7) is 11.5. The van der Waals surface area contributed by atoms with E-state index in [2.05, 4.69) is 21.6 Å².